The first kappa shape index (κ1) is 27.8. The van der Waals surface area contributed by atoms with Gasteiger partial charge in [0.2, 0.25) is 11.7 Å². The molecule has 4 rings (SSSR count). The highest BCUT2D eigenvalue weighted by Gasteiger charge is 2.65. The van der Waals surface area contributed by atoms with E-state index in [1.807, 2.05) is 39.6 Å². The predicted octanol–water partition coefficient (Wildman–Crippen LogP) is 3.96. The minimum Gasteiger partial charge on any atom is -0.358 e. The van der Waals surface area contributed by atoms with Gasteiger partial charge in [-0.3, -0.25) is 9.69 Å². The Bertz CT molecular complexity index is 624. The molecule has 34 heavy (non-hydrogen) atoms. The number of carbonyl (C=O) groups is 1. The maximum absolute atomic E-state index is 11.6. The van der Waals surface area contributed by atoms with Gasteiger partial charge in [0.15, 0.2) is 11.6 Å². The second kappa shape index (κ2) is 12.0. The van der Waals surface area contributed by atoms with Crippen molar-refractivity contribution in [2.45, 2.75) is 128 Å². The normalized spacial score (nSPS) is 35.0. The smallest absolute Gasteiger partial charge is 0.233 e. The molecular formula is C26H48N2O6. The summed E-state index contributed by atoms with van der Waals surface area (Å²) in [7, 11) is 3.46. The van der Waals surface area contributed by atoms with Gasteiger partial charge in [-0.2, -0.15) is 0 Å². The zero-order valence-electron chi connectivity index (χ0n) is 22.3. The van der Waals surface area contributed by atoms with Gasteiger partial charge >= 0.3 is 0 Å². The monoisotopic (exact) mass is 484 g/mol. The molecule has 198 valence electrons. The Balaban J connectivity index is 0.000000271. The van der Waals surface area contributed by atoms with E-state index in [0.29, 0.717) is 13.2 Å². The number of rotatable bonds is 4. The molecule has 8 heteroatoms. The van der Waals surface area contributed by atoms with Gasteiger partial charge in [0.25, 0.3) is 0 Å². The minimum absolute atomic E-state index is 0.0705. The number of amides is 1. The Kier molecular flexibility index (Phi) is 9.80. The van der Waals surface area contributed by atoms with Crippen molar-refractivity contribution >= 4 is 5.91 Å². The van der Waals surface area contributed by atoms with Crippen molar-refractivity contribution in [2.24, 2.45) is 0 Å². The van der Waals surface area contributed by atoms with Crippen molar-refractivity contribution in [1.82, 2.24) is 10.2 Å². The van der Waals surface area contributed by atoms with Crippen LogP contribution in [-0.2, 0) is 28.5 Å². The largest absolute Gasteiger partial charge is 0.358 e. The Morgan fingerprint density at radius 2 is 1.38 bits per heavy atom. The quantitative estimate of drug-likeness (QED) is 0.647. The SMILES string of the molecule is C1CCCCCCCCC1.CNC(=O)CN(C)C[C@@]12OC[C@H]3OC(C)(C)O[C@H]3[C@@H]1OC(C)(C)O2. The molecule has 0 unspecified atom stereocenters. The molecule has 0 spiro atoms. The fraction of sp³-hybridized carbons (Fsp3) is 0.962. The third-order valence-corrected chi connectivity index (χ3v) is 6.96. The van der Waals surface area contributed by atoms with Gasteiger partial charge in [-0.05, 0) is 34.7 Å². The molecule has 3 saturated heterocycles. The topological polar surface area (TPSA) is 78.5 Å². The molecule has 3 aliphatic heterocycles. The number of nitrogens with one attached hydrogen (secondary N) is 1. The van der Waals surface area contributed by atoms with Crippen molar-refractivity contribution in [1.29, 1.82) is 0 Å². The third kappa shape index (κ3) is 7.61. The average molecular weight is 485 g/mol. The molecule has 1 N–H and O–H groups in total. The number of likely N-dealkylation sites (N-methyl/N-ethyl adjacent to an activating group) is 2. The lowest BCUT2D eigenvalue weighted by Gasteiger charge is -2.42. The predicted molar refractivity (Wildman–Crippen MR) is 130 cm³/mol. The minimum atomic E-state index is -0.989. The number of carbonyl (C=O) groups excluding carboxylic acids is 1. The van der Waals surface area contributed by atoms with Crippen molar-refractivity contribution < 1.29 is 28.5 Å². The van der Waals surface area contributed by atoms with Crippen LogP contribution in [-0.4, -0.2) is 80.3 Å². The summed E-state index contributed by atoms with van der Waals surface area (Å²) in [4.78, 5) is 13.5. The molecule has 0 aromatic carbocycles. The molecule has 1 saturated carbocycles. The molecule has 0 bridgehead atoms. The molecule has 4 fully saturated rings. The highest BCUT2D eigenvalue weighted by molar-refractivity contribution is 5.77. The summed E-state index contributed by atoms with van der Waals surface area (Å²) < 4.78 is 30.3. The van der Waals surface area contributed by atoms with E-state index in [1.54, 1.807) is 7.05 Å². The molecule has 0 aromatic rings. The Morgan fingerprint density at radius 3 is 1.88 bits per heavy atom. The average Bonchev–Trinajstić information content (AvgIpc) is 3.23. The Morgan fingerprint density at radius 1 is 0.853 bits per heavy atom. The second-order valence-corrected chi connectivity index (χ2v) is 11.2. The fourth-order valence-electron chi connectivity index (χ4n) is 5.49. The molecule has 1 amide bonds. The van der Waals surface area contributed by atoms with Crippen molar-refractivity contribution in [2.75, 3.05) is 33.8 Å². The maximum Gasteiger partial charge on any atom is 0.233 e. The highest BCUT2D eigenvalue weighted by Crippen LogP contribution is 2.47. The van der Waals surface area contributed by atoms with Crippen LogP contribution in [0, 0.1) is 0 Å². The zero-order valence-corrected chi connectivity index (χ0v) is 22.3. The first-order valence-electron chi connectivity index (χ1n) is 13.3. The van der Waals surface area contributed by atoms with Crippen LogP contribution in [0.2, 0.25) is 0 Å². The molecular weight excluding hydrogens is 436 g/mol. The van der Waals surface area contributed by atoms with E-state index >= 15 is 0 Å². The van der Waals surface area contributed by atoms with Crippen LogP contribution >= 0.6 is 0 Å². The summed E-state index contributed by atoms with van der Waals surface area (Å²) in [5.74, 6) is -2.54. The van der Waals surface area contributed by atoms with E-state index < -0.39 is 23.5 Å². The van der Waals surface area contributed by atoms with Crippen molar-refractivity contribution in [3.05, 3.63) is 0 Å². The standard InChI is InChI=1S/C16H28N2O6.C10H20/c1-14(2)21-10-8-20-16(9-18(6)7-11(19)17-5)13(12(10)22-14)23-15(3,4)24-16;1-2-4-6-8-10-9-7-5-3-1/h10,12-13H,7-9H2,1-6H3,(H,17,19);1-10H2/t10-,12-,13+,16+;/m1./s1. The third-order valence-electron chi connectivity index (χ3n) is 6.96. The number of nitrogens with zero attached hydrogens (tertiary/aromatic N) is 1. The van der Waals surface area contributed by atoms with E-state index in [-0.39, 0.29) is 24.7 Å². The lowest BCUT2D eigenvalue weighted by Crippen LogP contribution is -2.62. The summed E-state index contributed by atoms with van der Waals surface area (Å²) in [6.45, 7) is 8.46. The lowest BCUT2D eigenvalue weighted by atomic mass is 9.96. The maximum atomic E-state index is 11.6. The lowest BCUT2D eigenvalue weighted by molar-refractivity contribution is -0.285. The molecule has 8 nitrogen and oxygen atoms in total. The Hall–Kier alpha value is -0.770. The molecule has 4 aliphatic rings. The van der Waals surface area contributed by atoms with Crippen LogP contribution < -0.4 is 5.32 Å². The first-order chi connectivity index (χ1) is 16.1. The number of hydrogen-bond donors (Lipinski definition) is 1. The van der Waals surface area contributed by atoms with Gasteiger partial charge in [0, 0.05) is 7.05 Å². The summed E-state index contributed by atoms with van der Waals surface area (Å²) in [6, 6.07) is 0. The van der Waals surface area contributed by atoms with Crippen LogP contribution in [0.3, 0.4) is 0 Å². The number of ether oxygens (including phenoxy) is 5. The van der Waals surface area contributed by atoms with Crippen LogP contribution in [0.1, 0.15) is 91.9 Å². The molecule has 4 atom stereocenters. The van der Waals surface area contributed by atoms with E-state index in [4.69, 9.17) is 23.7 Å². The second-order valence-electron chi connectivity index (χ2n) is 11.2. The van der Waals surface area contributed by atoms with Crippen LogP contribution in [0.15, 0.2) is 0 Å². The van der Waals surface area contributed by atoms with E-state index in [0.717, 1.165) is 0 Å². The fourth-order valence-corrected chi connectivity index (χ4v) is 5.49. The Labute approximate surface area is 206 Å². The van der Waals surface area contributed by atoms with Crippen LogP contribution in [0.4, 0.5) is 0 Å². The van der Waals surface area contributed by atoms with Gasteiger partial charge in [0.1, 0.15) is 18.3 Å². The molecule has 0 aromatic heterocycles. The molecule has 3 heterocycles. The highest BCUT2D eigenvalue weighted by atomic mass is 16.9. The van der Waals surface area contributed by atoms with Crippen LogP contribution in [0.25, 0.3) is 0 Å². The van der Waals surface area contributed by atoms with Crippen molar-refractivity contribution in [3.8, 4) is 0 Å². The first-order valence-corrected chi connectivity index (χ1v) is 13.3. The summed E-state index contributed by atoms with van der Waals surface area (Å²) in [5.41, 5.74) is 0. The zero-order chi connectivity index (χ0) is 24.8. The summed E-state index contributed by atoms with van der Waals surface area (Å²) in [5, 5.41) is 2.62. The van der Waals surface area contributed by atoms with E-state index in [9.17, 15) is 4.79 Å². The van der Waals surface area contributed by atoms with Gasteiger partial charge in [-0.25, -0.2) is 0 Å². The molecule has 1 aliphatic carbocycles. The van der Waals surface area contributed by atoms with Crippen molar-refractivity contribution in [3.63, 3.8) is 0 Å². The van der Waals surface area contributed by atoms with Gasteiger partial charge in [-0.15, -0.1) is 0 Å². The summed E-state index contributed by atoms with van der Waals surface area (Å²) >= 11 is 0. The summed E-state index contributed by atoms with van der Waals surface area (Å²) in [6.07, 6.45) is 14.1. The van der Waals surface area contributed by atoms with E-state index in [2.05, 4.69) is 5.32 Å². The van der Waals surface area contributed by atoms with Gasteiger partial charge < -0.3 is 29.0 Å². The van der Waals surface area contributed by atoms with E-state index in [1.165, 1.54) is 64.2 Å². The van der Waals surface area contributed by atoms with Crippen LogP contribution in [0.5, 0.6) is 0 Å². The van der Waals surface area contributed by atoms with Gasteiger partial charge in [-0.1, -0.05) is 64.2 Å². The van der Waals surface area contributed by atoms with Gasteiger partial charge in [0.05, 0.1) is 19.7 Å². The number of hydrogen-bond acceptors (Lipinski definition) is 7. The number of fused-ring (bicyclic) bond motifs is 3. The molecule has 0 radical (unpaired) electrons.